The standard InChI is InChI=1S/C62H110O6/c1-4-7-10-13-16-19-22-24-26-28-29-30-31-32-33-35-36-38-40-43-46-49-52-55-61(64)67-58-59(57-66-60(63)54-51-48-45-42-21-18-15-12-9-6-3)68-62(65)56-53-50-47-44-41-39-37-34-27-25-23-20-17-14-11-8-5-2/h7,10,16,19,24-27,29-30,59H,4-6,8-9,11-15,17-18,20-23,28,31-58H2,1-3H3/b10-7-,19-16-,26-24-,27-25-,30-29-. The number of rotatable bonds is 53. The molecule has 0 fully saturated rings. The predicted molar refractivity (Wildman–Crippen MR) is 293 cm³/mol. The number of carbonyl (C=O) groups is 3. The number of unbranched alkanes of at least 4 members (excludes halogenated alkanes) is 32. The molecule has 0 N–H and O–H groups in total. The normalized spacial score (nSPS) is 12.5. The van der Waals surface area contributed by atoms with Gasteiger partial charge >= 0.3 is 17.9 Å². The first-order valence-electron chi connectivity index (χ1n) is 29.3. The summed E-state index contributed by atoms with van der Waals surface area (Å²) in [5, 5.41) is 0. The van der Waals surface area contributed by atoms with Crippen LogP contribution in [0.4, 0.5) is 0 Å². The van der Waals surface area contributed by atoms with Crippen LogP contribution in [0.15, 0.2) is 60.8 Å². The number of allylic oxidation sites excluding steroid dienone is 10. The van der Waals surface area contributed by atoms with Gasteiger partial charge in [-0.25, -0.2) is 0 Å². The molecule has 0 amide bonds. The molecule has 0 radical (unpaired) electrons. The summed E-state index contributed by atoms with van der Waals surface area (Å²) in [7, 11) is 0. The van der Waals surface area contributed by atoms with E-state index in [-0.39, 0.29) is 31.1 Å². The second-order valence-electron chi connectivity index (χ2n) is 19.5. The smallest absolute Gasteiger partial charge is 0.306 e. The average Bonchev–Trinajstić information content (AvgIpc) is 3.34. The molecule has 0 aromatic rings. The van der Waals surface area contributed by atoms with Crippen LogP contribution in [0.25, 0.3) is 0 Å². The quantitative estimate of drug-likeness (QED) is 0.0262. The minimum absolute atomic E-state index is 0.0743. The molecular formula is C62H110O6. The molecule has 0 bridgehead atoms. The summed E-state index contributed by atoms with van der Waals surface area (Å²) < 4.78 is 16.9. The predicted octanol–water partition coefficient (Wildman–Crippen LogP) is 19.6. The van der Waals surface area contributed by atoms with Gasteiger partial charge in [-0.15, -0.1) is 0 Å². The highest BCUT2D eigenvalue weighted by Crippen LogP contribution is 2.16. The minimum atomic E-state index is -0.775. The third kappa shape index (κ3) is 54.1. The number of carbonyl (C=O) groups excluding carboxylic acids is 3. The van der Waals surface area contributed by atoms with E-state index in [1.54, 1.807) is 0 Å². The van der Waals surface area contributed by atoms with Gasteiger partial charge in [0.1, 0.15) is 13.2 Å². The van der Waals surface area contributed by atoms with E-state index in [0.717, 1.165) is 83.5 Å². The van der Waals surface area contributed by atoms with E-state index in [1.165, 1.54) is 173 Å². The summed E-state index contributed by atoms with van der Waals surface area (Å²) in [5.74, 6) is -0.873. The second-order valence-corrected chi connectivity index (χ2v) is 19.5. The average molecular weight is 952 g/mol. The van der Waals surface area contributed by atoms with Gasteiger partial charge < -0.3 is 14.2 Å². The first kappa shape index (κ1) is 65.1. The van der Waals surface area contributed by atoms with Crippen molar-refractivity contribution >= 4 is 17.9 Å². The maximum Gasteiger partial charge on any atom is 0.306 e. The molecule has 0 aromatic heterocycles. The lowest BCUT2D eigenvalue weighted by Gasteiger charge is -2.18. The summed E-state index contributed by atoms with van der Waals surface area (Å²) in [4.78, 5) is 38.1. The van der Waals surface area contributed by atoms with Crippen LogP contribution in [0.3, 0.4) is 0 Å². The lowest BCUT2D eigenvalue weighted by Crippen LogP contribution is -2.30. The van der Waals surface area contributed by atoms with E-state index < -0.39 is 6.10 Å². The van der Waals surface area contributed by atoms with Crippen LogP contribution >= 0.6 is 0 Å². The van der Waals surface area contributed by atoms with E-state index in [1.807, 2.05) is 0 Å². The van der Waals surface area contributed by atoms with Gasteiger partial charge in [-0.2, -0.15) is 0 Å². The molecule has 394 valence electrons. The number of hydrogen-bond donors (Lipinski definition) is 0. The van der Waals surface area contributed by atoms with E-state index in [4.69, 9.17) is 14.2 Å². The Morgan fingerprint density at radius 2 is 0.574 bits per heavy atom. The fourth-order valence-electron chi connectivity index (χ4n) is 8.37. The molecular weight excluding hydrogens is 841 g/mol. The third-order valence-corrected chi connectivity index (χ3v) is 12.8. The first-order valence-corrected chi connectivity index (χ1v) is 29.3. The van der Waals surface area contributed by atoms with Crippen molar-refractivity contribution in [1.82, 2.24) is 0 Å². The van der Waals surface area contributed by atoms with Gasteiger partial charge in [0, 0.05) is 19.3 Å². The van der Waals surface area contributed by atoms with Crippen molar-refractivity contribution in [3.05, 3.63) is 60.8 Å². The van der Waals surface area contributed by atoms with Crippen molar-refractivity contribution in [1.29, 1.82) is 0 Å². The van der Waals surface area contributed by atoms with Crippen molar-refractivity contribution in [3.63, 3.8) is 0 Å². The van der Waals surface area contributed by atoms with Crippen LogP contribution in [0.1, 0.15) is 297 Å². The fraction of sp³-hybridized carbons (Fsp3) is 0.790. The van der Waals surface area contributed by atoms with E-state index in [9.17, 15) is 14.4 Å². The molecule has 0 heterocycles. The Bertz CT molecular complexity index is 1230. The zero-order valence-corrected chi connectivity index (χ0v) is 45.1. The Kier molecular flexibility index (Phi) is 54.3. The Labute approximate surface area is 421 Å². The highest BCUT2D eigenvalue weighted by atomic mass is 16.6. The summed E-state index contributed by atoms with van der Waals surface area (Å²) >= 11 is 0. The molecule has 6 heteroatoms. The van der Waals surface area contributed by atoms with Crippen molar-refractivity contribution in [2.24, 2.45) is 0 Å². The maximum atomic E-state index is 12.8. The van der Waals surface area contributed by atoms with Crippen LogP contribution in [0.2, 0.25) is 0 Å². The summed E-state index contributed by atoms with van der Waals surface area (Å²) in [6.45, 7) is 6.53. The minimum Gasteiger partial charge on any atom is -0.462 e. The van der Waals surface area contributed by atoms with Crippen LogP contribution in [-0.2, 0) is 28.6 Å². The Balaban J connectivity index is 4.27. The van der Waals surface area contributed by atoms with Gasteiger partial charge in [0.25, 0.3) is 0 Å². The zero-order valence-electron chi connectivity index (χ0n) is 45.1. The molecule has 0 rings (SSSR count). The van der Waals surface area contributed by atoms with E-state index >= 15 is 0 Å². The molecule has 0 spiro atoms. The number of hydrogen-bond acceptors (Lipinski definition) is 6. The molecule has 0 saturated heterocycles. The summed E-state index contributed by atoms with van der Waals surface area (Å²) in [6.07, 6.45) is 70.7. The zero-order chi connectivity index (χ0) is 49.3. The lowest BCUT2D eigenvalue weighted by atomic mass is 10.1. The van der Waals surface area contributed by atoms with Gasteiger partial charge in [0.2, 0.25) is 0 Å². The largest absolute Gasteiger partial charge is 0.462 e. The molecule has 68 heavy (non-hydrogen) atoms. The molecule has 0 aromatic carbocycles. The molecule has 0 aliphatic heterocycles. The lowest BCUT2D eigenvalue weighted by molar-refractivity contribution is -0.167. The van der Waals surface area contributed by atoms with E-state index in [2.05, 4.69) is 81.5 Å². The molecule has 1 atom stereocenters. The third-order valence-electron chi connectivity index (χ3n) is 12.8. The van der Waals surface area contributed by atoms with Crippen molar-refractivity contribution in [2.75, 3.05) is 13.2 Å². The van der Waals surface area contributed by atoms with Crippen molar-refractivity contribution < 1.29 is 28.6 Å². The van der Waals surface area contributed by atoms with Gasteiger partial charge in [-0.05, 0) is 83.5 Å². The highest BCUT2D eigenvalue weighted by Gasteiger charge is 2.19. The topological polar surface area (TPSA) is 78.9 Å². The van der Waals surface area contributed by atoms with Crippen molar-refractivity contribution in [3.8, 4) is 0 Å². The Morgan fingerprint density at radius 1 is 0.309 bits per heavy atom. The molecule has 0 aliphatic carbocycles. The SMILES string of the molecule is CC/C=C\C/C=C\C/C=C\C/C=C\CCCCCCCCCCCCC(=O)OCC(COC(=O)CCCCCCCCCCCC)OC(=O)CCCCCCCCC/C=C\CCCCCCCC. The molecule has 0 aliphatic rings. The van der Waals surface area contributed by atoms with Gasteiger partial charge in [0.05, 0.1) is 0 Å². The van der Waals surface area contributed by atoms with Gasteiger partial charge in [0.15, 0.2) is 6.10 Å². The number of ether oxygens (including phenoxy) is 3. The van der Waals surface area contributed by atoms with E-state index in [0.29, 0.717) is 19.3 Å². The summed E-state index contributed by atoms with van der Waals surface area (Å²) in [6, 6.07) is 0. The number of esters is 3. The summed E-state index contributed by atoms with van der Waals surface area (Å²) in [5.41, 5.74) is 0. The second kappa shape index (κ2) is 56.7. The first-order chi connectivity index (χ1) is 33.5. The highest BCUT2D eigenvalue weighted by molar-refractivity contribution is 5.71. The monoisotopic (exact) mass is 951 g/mol. The molecule has 6 nitrogen and oxygen atoms in total. The Hall–Kier alpha value is -2.89. The van der Waals surface area contributed by atoms with Crippen LogP contribution in [0, 0.1) is 0 Å². The van der Waals surface area contributed by atoms with Crippen LogP contribution in [0.5, 0.6) is 0 Å². The van der Waals surface area contributed by atoms with Gasteiger partial charge in [-0.3, -0.25) is 14.4 Å². The van der Waals surface area contributed by atoms with Crippen LogP contribution in [-0.4, -0.2) is 37.2 Å². The maximum absolute atomic E-state index is 12.8. The van der Waals surface area contributed by atoms with Gasteiger partial charge in [-0.1, -0.05) is 255 Å². The fourth-order valence-corrected chi connectivity index (χ4v) is 8.37. The molecule has 0 saturated carbocycles. The molecule has 1 unspecified atom stereocenters. The van der Waals surface area contributed by atoms with Crippen LogP contribution < -0.4 is 0 Å². The Morgan fingerprint density at radius 3 is 0.912 bits per heavy atom. The van der Waals surface area contributed by atoms with Crippen molar-refractivity contribution in [2.45, 2.75) is 303 Å².